The third-order valence-corrected chi connectivity index (χ3v) is 5.29. The molecule has 0 spiro atoms. The van der Waals surface area contributed by atoms with Crippen LogP contribution in [-0.2, 0) is 20.3 Å². The minimum Gasteiger partial charge on any atom is -0.328 e. The number of rotatable bonds is 7. The Labute approximate surface area is 176 Å². The molecule has 0 aliphatic carbocycles. The number of hydrogen-bond acceptors (Lipinski definition) is 5. The van der Waals surface area contributed by atoms with Gasteiger partial charge >= 0.3 is 6.36 Å². The van der Waals surface area contributed by atoms with Crippen molar-refractivity contribution in [2.75, 3.05) is 12.8 Å². The largest absolute Gasteiger partial charge is 0.523 e. The Kier molecular flexibility index (Phi) is 7.14. The van der Waals surface area contributed by atoms with Gasteiger partial charge in [0.2, 0.25) is 10.0 Å². The van der Waals surface area contributed by atoms with Crippen molar-refractivity contribution in [3.05, 3.63) is 52.4 Å². The average Bonchev–Trinajstić information content (AvgIpc) is 2.58. The number of sulfonamides is 1. The van der Waals surface area contributed by atoms with E-state index in [1.165, 1.54) is 32.0 Å². The molecule has 1 aromatic heterocycles. The molecule has 12 heteroatoms. The van der Waals surface area contributed by atoms with Gasteiger partial charge < -0.3 is 5.73 Å². The van der Waals surface area contributed by atoms with Gasteiger partial charge in [-0.2, -0.15) is 0 Å². The second-order valence-electron chi connectivity index (χ2n) is 7.05. The van der Waals surface area contributed by atoms with Crippen molar-refractivity contribution in [2.45, 2.75) is 31.9 Å². The van der Waals surface area contributed by atoms with E-state index in [0.29, 0.717) is 5.56 Å². The monoisotopic (exact) mass is 469 g/mol. The van der Waals surface area contributed by atoms with E-state index in [-0.39, 0.29) is 22.0 Å². The smallest absolute Gasteiger partial charge is 0.328 e. The zero-order valence-electron chi connectivity index (χ0n) is 16.2. The van der Waals surface area contributed by atoms with E-state index in [1.54, 1.807) is 0 Å². The van der Waals surface area contributed by atoms with Crippen LogP contribution in [-0.4, -0.2) is 32.6 Å². The molecule has 30 heavy (non-hydrogen) atoms. The van der Waals surface area contributed by atoms with Gasteiger partial charge in [0.25, 0.3) is 0 Å². The van der Waals surface area contributed by atoms with Gasteiger partial charge in [-0.25, -0.2) is 22.5 Å². The number of pyridine rings is 1. The number of ether oxygens (including phenoxy) is 1. The highest BCUT2D eigenvalue weighted by atomic mass is 35.5. The summed E-state index contributed by atoms with van der Waals surface area (Å²) in [6.07, 6.45) is -5.72. The Balaban J connectivity index is 2.74. The van der Waals surface area contributed by atoms with Crippen LogP contribution in [0.5, 0.6) is 0 Å². The van der Waals surface area contributed by atoms with E-state index in [1.807, 2.05) is 0 Å². The molecule has 0 radical (unpaired) electrons. The van der Waals surface area contributed by atoms with Crippen LogP contribution in [0.4, 0.5) is 17.6 Å². The molecule has 1 heterocycles. The van der Waals surface area contributed by atoms with Gasteiger partial charge in [0.15, 0.2) is 0 Å². The van der Waals surface area contributed by atoms with E-state index in [4.69, 9.17) is 17.3 Å². The van der Waals surface area contributed by atoms with E-state index >= 15 is 0 Å². The predicted octanol–water partition coefficient (Wildman–Crippen LogP) is 3.86. The molecule has 0 saturated carbocycles. The number of hydrogen-bond donors (Lipinski definition) is 2. The van der Waals surface area contributed by atoms with Crippen LogP contribution in [0, 0.1) is 5.82 Å². The van der Waals surface area contributed by atoms with E-state index in [9.17, 15) is 26.0 Å². The van der Waals surface area contributed by atoms with Crippen LogP contribution < -0.4 is 10.5 Å². The average molecular weight is 470 g/mol. The van der Waals surface area contributed by atoms with Gasteiger partial charge in [-0.15, -0.1) is 13.2 Å². The van der Waals surface area contributed by atoms with Gasteiger partial charge in [-0.1, -0.05) is 11.6 Å². The lowest BCUT2D eigenvalue weighted by molar-refractivity contribution is -0.343. The zero-order valence-corrected chi connectivity index (χ0v) is 17.8. The third kappa shape index (κ3) is 6.35. The summed E-state index contributed by atoms with van der Waals surface area (Å²) >= 11 is 6.46. The fraction of sp³-hybridized carbons (Fsp3) is 0.389. The van der Waals surface area contributed by atoms with Crippen molar-refractivity contribution in [1.82, 2.24) is 9.71 Å². The SMILES string of the molecule is CC(C)(NS(C)(=O)=O)c1cc(C(CN)OC(F)(F)F)nc(-c2ccc(F)cc2)c1Cl. The van der Waals surface area contributed by atoms with E-state index in [0.717, 1.165) is 18.4 Å². The number of alkyl halides is 3. The van der Waals surface area contributed by atoms with Crippen LogP contribution in [0.1, 0.15) is 31.2 Å². The lowest BCUT2D eigenvalue weighted by Crippen LogP contribution is -2.40. The molecule has 0 bridgehead atoms. The number of aromatic nitrogens is 1. The number of benzene rings is 1. The summed E-state index contributed by atoms with van der Waals surface area (Å²) in [6, 6.07) is 6.15. The summed E-state index contributed by atoms with van der Waals surface area (Å²) < 4.78 is 81.8. The van der Waals surface area contributed by atoms with E-state index in [2.05, 4.69) is 14.4 Å². The first-order valence-electron chi connectivity index (χ1n) is 8.53. The maximum Gasteiger partial charge on any atom is 0.523 e. The Hall–Kier alpha value is -1.79. The van der Waals surface area contributed by atoms with Gasteiger partial charge in [-0.3, -0.25) is 4.74 Å². The van der Waals surface area contributed by atoms with Gasteiger partial charge in [0.1, 0.15) is 11.9 Å². The summed E-state index contributed by atoms with van der Waals surface area (Å²) in [6.45, 7) is 2.40. The van der Waals surface area contributed by atoms with Gasteiger partial charge in [-0.05, 0) is 49.7 Å². The van der Waals surface area contributed by atoms with Crippen LogP contribution in [0.2, 0.25) is 5.02 Å². The fourth-order valence-corrected chi connectivity index (χ4v) is 4.36. The molecular formula is C18H20ClF4N3O3S. The summed E-state index contributed by atoms with van der Waals surface area (Å²) in [5.74, 6) is -0.537. The van der Waals surface area contributed by atoms with Crippen LogP contribution in [0.3, 0.4) is 0 Å². The topological polar surface area (TPSA) is 94.3 Å². The maximum absolute atomic E-state index is 13.3. The first-order chi connectivity index (χ1) is 13.6. The van der Waals surface area contributed by atoms with Gasteiger partial charge in [0.05, 0.1) is 28.2 Å². The highest BCUT2D eigenvalue weighted by Gasteiger charge is 2.36. The Morgan fingerprint density at radius 3 is 2.27 bits per heavy atom. The predicted molar refractivity (Wildman–Crippen MR) is 105 cm³/mol. The minimum absolute atomic E-state index is 0.0192. The summed E-state index contributed by atoms with van der Waals surface area (Å²) in [4.78, 5) is 4.16. The Bertz CT molecular complexity index is 1010. The van der Waals surface area contributed by atoms with Crippen molar-refractivity contribution in [3.63, 3.8) is 0 Å². The summed E-state index contributed by atoms with van der Waals surface area (Å²) in [5, 5.41) is -0.0192. The standard InChI is InChI=1S/C18H20ClF4N3O3S/c1-17(2,26-30(3,27)28)12-8-13(14(9-24)29-18(21,22)23)25-16(15(12)19)10-4-6-11(20)7-5-10/h4-8,14,26H,9,24H2,1-3H3. The molecule has 0 amide bonds. The van der Waals surface area contributed by atoms with Crippen molar-refractivity contribution in [2.24, 2.45) is 5.73 Å². The normalized spacial score (nSPS) is 14.0. The van der Waals surface area contributed by atoms with Crippen molar-refractivity contribution >= 4 is 21.6 Å². The lowest BCUT2D eigenvalue weighted by Gasteiger charge is -2.29. The first-order valence-corrected chi connectivity index (χ1v) is 10.8. The highest BCUT2D eigenvalue weighted by Crippen LogP contribution is 2.38. The zero-order chi connectivity index (χ0) is 22.9. The van der Waals surface area contributed by atoms with Crippen molar-refractivity contribution < 1.29 is 30.7 Å². The molecule has 0 saturated heterocycles. The third-order valence-electron chi connectivity index (χ3n) is 4.03. The van der Waals surface area contributed by atoms with E-state index < -0.39 is 40.4 Å². The molecule has 2 rings (SSSR count). The molecule has 6 nitrogen and oxygen atoms in total. The second-order valence-corrected chi connectivity index (χ2v) is 9.18. The molecule has 0 aliphatic heterocycles. The minimum atomic E-state index is -4.98. The lowest BCUT2D eigenvalue weighted by atomic mass is 9.92. The molecule has 166 valence electrons. The molecular weight excluding hydrogens is 450 g/mol. The number of nitrogens with two attached hydrogens (primary N) is 1. The van der Waals surface area contributed by atoms with Crippen LogP contribution in [0.25, 0.3) is 11.3 Å². The van der Waals surface area contributed by atoms with Crippen LogP contribution in [0.15, 0.2) is 30.3 Å². The Morgan fingerprint density at radius 1 is 1.23 bits per heavy atom. The quantitative estimate of drug-likeness (QED) is 0.600. The van der Waals surface area contributed by atoms with Crippen molar-refractivity contribution in [1.29, 1.82) is 0 Å². The number of nitrogens with zero attached hydrogens (tertiary/aromatic N) is 1. The number of halogens is 5. The molecule has 0 aliphatic rings. The fourth-order valence-electron chi connectivity index (χ4n) is 2.88. The second kappa shape index (κ2) is 8.75. The number of nitrogens with one attached hydrogen (secondary N) is 1. The molecule has 3 N–H and O–H groups in total. The molecule has 1 unspecified atom stereocenters. The maximum atomic E-state index is 13.3. The van der Waals surface area contributed by atoms with Gasteiger partial charge in [0, 0.05) is 12.1 Å². The molecule has 1 aromatic carbocycles. The molecule has 2 aromatic rings. The highest BCUT2D eigenvalue weighted by molar-refractivity contribution is 7.88. The molecule has 1 atom stereocenters. The first kappa shape index (κ1) is 24.5. The van der Waals surface area contributed by atoms with Crippen LogP contribution >= 0.6 is 11.6 Å². The molecule has 0 fully saturated rings. The van der Waals surface area contributed by atoms with Crippen molar-refractivity contribution in [3.8, 4) is 11.3 Å². The summed E-state index contributed by atoms with van der Waals surface area (Å²) in [5.41, 5.74) is 4.40. The Morgan fingerprint density at radius 2 is 1.80 bits per heavy atom. The summed E-state index contributed by atoms with van der Waals surface area (Å²) in [7, 11) is -3.71.